The second-order valence-electron chi connectivity index (χ2n) is 7.77. The van der Waals surface area contributed by atoms with Gasteiger partial charge in [-0.1, -0.05) is 38.4 Å². The summed E-state index contributed by atoms with van der Waals surface area (Å²) in [4.78, 5) is 13.9. The van der Waals surface area contributed by atoms with Crippen molar-refractivity contribution in [1.29, 1.82) is 0 Å². The Labute approximate surface area is 161 Å². The predicted molar refractivity (Wildman–Crippen MR) is 106 cm³/mol. The molecule has 1 amide bonds. The number of hydrogen-bond acceptors (Lipinski definition) is 4. The zero-order valence-electron chi connectivity index (χ0n) is 15.7. The first-order chi connectivity index (χ1) is 12.1. The number of benzene rings is 1. The zero-order valence-corrected chi connectivity index (χ0v) is 17.2. The summed E-state index contributed by atoms with van der Waals surface area (Å²) in [5, 5.41) is 3.38. The number of halogens is 1. The average Bonchev–Trinajstić information content (AvgIpc) is 2.53. The largest absolute Gasteiger partial charge is 0.369 e. The van der Waals surface area contributed by atoms with E-state index in [4.69, 9.17) is 11.6 Å². The molecule has 8 heteroatoms. The topological polar surface area (TPSA) is 69.7 Å². The minimum atomic E-state index is -3.37. The number of anilines is 1. The summed E-state index contributed by atoms with van der Waals surface area (Å²) in [5.41, 5.74) is 0.892. The van der Waals surface area contributed by atoms with Crippen LogP contribution in [0.2, 0.25) is 5.02 Å². The number of piperazine rings is 1. The zero-order chi connectivity index (χ0) is 19.4. The van der Waals surface area contributed by atoms with E-state index in [0.717, 1.165) is 5.69 Å². The number of nitrogens with one attached hydrogen (secondary N) is 1. The monoisotopic (exact) mass is 401 g/mol. The molecule has 1 aliphatic rings. The van der Waals surface area contributed by atoms with Gasteiger partial charge in [0.25, 0.3) is 0 Å². The summed E-state index contributed by atoms with van der Waals surface area (Å²) in [6, 6.07) is 7.57. The lowest BCUT2D eigenvalue weighted by Crippen LogP contribution is -2.50. The third-order valence-corrected chi connectivity index (χ3v) is 6.29. The van der Waals surface area contributed by atoms with Crippen LogP contribution >= 0.6 is 11.6 Å². The lowest BCUT2D eigenvalue weighted by atomic mass is 9.92. The van der Waals surface area contributed by atoms with Crippen molar-refractivity contribution in [1.82, 2.24) is 9.62 Å². The van der Waals surface area contributed by atoms with Crippen LogP contribution in [0.15, 0.2) is 24.3 Å². The summed E-state index contributed by atoms with van der Waals surface area (Å²) >= 11 is 6.02. The highest BCUT2D eigenvalue weighted by molar-refractivity contribution is 7.89. The Bertz CT molecular complexity index is 723. The third-order valence-electron chi connectivity index (χ3n) is 4.18. The molecule has 0 unspecified atom stereocenters. The average molecular weight is 402 g/mol. The Morgan fingerprint density at radius 1 is 1.19 bits per heavy atom. The van der Waals surface area contributed by atoms with Gasteiger partial charge in [0.1, 0.15) is 0 Å². The Balaban J connectivity index is 1.81. The van der Waals surface area contributed by atoms with E-state index in [1.165, 1.54) is 4.31 Å². The van der Waals surface area contributed by atoms with E-state index in [1.807, 2.05) is 45.0 Å². The van der Waals surface area contributed by atoms with Crippen molar-refractivity contribution >= 4 is 33.2 Å². The first-order valence-corrected chi connectivity index (χ1v) is 10.8. The molecule has 0 saturated carbocycles. The molecule has 0 spiro atoms. The molecule has 0 bridgehead atoms. The third kappa shape index (κ3) is 6.45. The van der Waals surface area contributed by atoms with Gasteiger partial charge in [-0.2, -0.15) is 4.31 Å². The molecule has 0 aliphatic carbocycles. The Morgan fingerprint density at radius 3 is 2.42 bits per heavy atom. The normalized spacial score (nSPS) is 16.5. The number of nitrogens with zero attached hydrogens (tertiary/aromatic N) is 2. The Kier molecular flexibility index (Phi) is 6.93. The highest BCUT2D eigenvalue weighted by Crippen LogP contribution is 2.21. The molecule has 1 N–H and O–H groups in total. The van der Waals surface area contributed by atoms with Crippen molar-refractivity contribution in [3.05, 3.63) is 29.3 Å². The van der Waals surface area contributed by atoms with Crippen molar-refractivity contribution < 1.29 is 13.2 Å². The molecule has 0 atom stereocenters. The molecular weight excluding hydrogens is 374 g/mol. The van der Waals surface area contributed by atoms with Gasteiger partial charge in [0.05, 0.1) is 5.75 Å². The summed E-state index contributed by atoms with van der Waals surface area (Å²) in [6.07, 6.45) is 0.380. The predicted octanol–water partition coefficient (Wildman–Crippen LogP) is 2.34. The van der Waals surface area contributed by atoms with E-state index < -0.39 is 10.0 Å². The lowest BCUT2D eigenvalue weighted by Gasteiger charge is -2.35. The van der Waals surface area contributed by atoms with E-state index in [2.05, 4.69) is 10.2 Å². The fourth-order valence-corrected chi connectivity index (χ4v) is 4.41. The molecule has 1 fully saturated rings. The maximum atomic E-state index is 12.5. The van der Waals surface area contributed by atoms with Gasteiger partial charge in [0, 0.05) is 49.9 Å². The highest BCUT2D eigenvalue weighted by Gasteiger charge is 2.27. The summed E-state index contributed by atoms with van der Waals surface area (Å²) in [5.74, 6) is -0.182. The van der Waals surface area contributed by atoms with Crippen LogP contribution in [-0.4, -0.2) is 57.1 Å². The molecule has 1 saturated heterocycles. The molecule has 2 rings (SSSR count). The number of sulfonamides is 1. The van der Waals surface area contributed by atoms with Gasteiger partial charge in [-0.3, -0.25) is 4.79 Å². The first kappa shape index (κ1) is 21.0. The molecule has 146 valence electrons. The molecule has 1 aliphatic heterocycles. The standard InChI is InChI=1S/C18H28ClN3O3S/c1-18(2,3)14-17(23)20-7-12-26(24,25)22-10-8-21(9-11-22)16-6-4-5-15(19)13-16/h4-6,13H,7-12,14H2,1-3H3,(H,20,23). The summed E-state index contributed by atoms with van der Waals surface area (Å²) in [7, 11) is -3.37. The van der Waals surface area contributed by atoms with Crippen LogP contribution < -0.4 is 10.2 Å². The van der Waals surface area contributed by atoms with Crippen LogP contribution in [0.5, 0.6) is 0 Å². The first-order valence-electron chi connectivity index (χ1n) is 8.82. The van der Waals surface area contributed by atoms with Crippen LogP contribution in [0.1, 0.15) is 27.2 Å². The molecule has 1 aromatic rings. The van der Waals surface area contributed by atoms with Gasteiger partial charge in [-0.05, 0) is 23.6 Å². The molecule has 0 radical (unpaired) electrons. The minimum Gasteiger partial charge on any atom is -0.369 e. The number of hydrogen-bond donors (Lipinski definition) is 1. The van der Waals surface area contributed by atoms with Crippen LogP contribution in [-0.2, 0) is 14.8 Å². The van der Waals surface area contributed by atoms with Gasteiger partial charge >= 0.3 is 0 Å². The van der Waals surface area contributed by atoms with Crippen LogP contribution in [0.4, 0.5) is 5.69 Å². The number of carbonyl (C=O) groups excluding carboxylic acids is 1. The second kappa shape index (κ2) is 8.59. The Morgan fingerprint density at radius 2 is 1.85 bits per heavy atom. The van der Waals surface area contributed by atoms with Gasteiger partial charge in [-0.15, -0.1) is 0 Å². The molecule has 26 heavy (non-hydrogen) atoms. The highest BCUT2D eigenvalue weighted by atomic mass is 35.5. The van der Waals surface area contributed by atoms with E-state index in [1.54, 1.807) is 0 Å². The van der Waals surface area contributed by atoms with Gasteiger partial charge in [0.2, 0.25) is 15.9 Å². The number of rotatable bonds is 6. The van der Waals surface area contributed by atoms with E-state index in [-0.39, 0.29) is 23.6 Å². The smallest absolute Gasteiger partial charge is 0.220 e. The van der Waals surface area contributed by atoms with Crippen molar-refractivity contribution in [3.63, 3.8) is 0 Å². The number of carbonyl (C=O) groups is 1. The van der Waals surface area contributed by atoms with Crippen LogP contribution in [0.3, 0.4) is 0 Å². The molecule has 1 heterocycles. The van der Waals surface area contributed by atoms with E-state index in [9.17, 15) is 13.2 Å². The SMILES string of the molecule is CC(C)(C)CC(=O)NCCS(=O)(=O)N1CCN(c2cccc(Cl)c2)CC1. The Hall–Kier alpha value is -1.31. The van der Waals surface area contributed by atoms with E-state index >= 15 is 0 Å². The maximum Gasteiger partial charge on any atom is 0.220 e. The van der Waals surface area contributed by atoms with Crippen molar-refractivity contribution in [3.8, 4) is 0 Å². The summed E-state index contributed by atoms with van der Waals surface area (Å²) < 4.78 is 26.5. The van der Waals surface area contributed by atoms with Crippen LogP contribution in [0, 0.1) is 5.41 Å². The fraction of sp³-hybridized carbons (Fsp3) is 0.611. The number of amides is 1. The van der Waals surface area contributed by atoms with Gasteiger partial charge < -0.3 is 10.2 Å². The van der Waals surface area contributed by atoms with E-state index in [0.29, 0.717) is 37.6 Å². The van der Waals surface area contributed by atoms with Crippen molar-refractivity contribution in [2.24, 2.45) is 5.41 Å². The molecule has 1 aromatic carbocycles. The minimum absolute atomic E-state index is 0.0694. The maximum absolute atomic E-state index is 12.5. The van der Waals surface area contributed by atoms with Crippen LogP contribution in [0.25, 0.3) is 0 Å². The molecule has 0 aromatic heterocycles. The second-order valence-corrected chi connectivity index (χ2v) is 10.3. The van der Waals surface area contributed by atoms with Gasteiger partial charge in [-0.25, -0.2) is 8.42 Å². The van der Waals surface area contributed by atoms with Crippen molar-refractivity contribution in [2.75, 3.05) is 43.4 Å². The summed E-state index contributed by atoms with van der Waals surface area (Å²) in [6.45, 7) is 8.18. The lowest BCUT2D eigenvalue weighted by molar-refractivity contribution is -0.122. The van der Waals surface area contributed by atoms with Crippen molar-refractivity contribution in [2.45, 2.75) is 27.2 Å². The molecular formula is C18H28ClN3O3S. The molecule has 6 nitrogen and oxygen atoms in total. The van der Waals surface area contributed by atoms with Gasteiger partial charge in [0.15, 0.2) is 0 Å². The fourth-order valence-electron chi connectivity index (χ4n) is 2.89. The quantitative estimate of drug-likeness (QED) is 0.794.